The summed E-state index contributed by atoms with van der Waals surface area (Å²) in [6.07, 6.45) is 4.17. The molecule has 0 fully saturated rings. The van der Waals surface area contributed by atoms with Crippen molar-refractivity contribution in [1.29, 1.82) is 5.26 Å². The van der Waals surface area contributed by atoms with Crippen LogP contribution in [0.1, 0.15) is 40.6 Å². The van der Waals surface area contributed by atoms with Gasteiger partial charge in [0, 0.05) is 32.8 Å². The van der Waals surface area contributed by atoms with Gasteiger partial charge < -0.3 is 9.88 Å². The van der Waals surface area contributed by atoms with Crippen molar-refractivity contribution in [2.45, 2.75) is 51.2 Å². The van der Waals surface area contributed by atoms with Gasteiger partial charge in [-0.3, -0.25) is 4.79 Å². The van der Waals surface area contributed by atoms with Crippen LogP contribution in [0, 0.1) is 18.3 Å². The van der Waals surface area contributed by atoms with E-state index in [0.717, 1.165) is 48.2 Å². The highest BCUT2D eigenvalue weighted by Crippen LogP contribution is 2.40. The first-order valence-electron chi connectivity index (χ1n) is 11.6. The Hall–Kier alpha value is -2.93. The topological polar surface area (TPSA) is 83.6 Å². The second-order valence-electron chi connectivity index (χ2n) is 8.36. The van der Waals surface area contributed by atoms with Crippen LogP contribution in [0.4, 0.5) is 5.00 Å². The number of aromatic nitrogens is 3. The first kappa shape index (κ1) is 23.8. The van der Waals surface area contributed by atoms with Crippen molar-refractivity contribution >= 4 is 45.3 Å². The van der Waals surface area contributed by atoms with Crippen LogP contribution in [0.15, 0.2) is 40.9 Å². The fourth-order valence-electron chi connectivity index (χ4n) is 4.53. The fraction of sp³-hybridized carbons (Fsp3) is 0.308. The van der Waals surface area contributed by atoms with Crippen LogP contribution in [0.2, 0.25) is 0 Å². The largest absolute Gasteiger partial charge is 0.316 e. The number of aryl methyl sites for hydroxylation is 2. The van der Waals surface area contributed by atoms with Crippen molar-refractivity contribution in [3.8, 4) is 28.6 Å². The number of rotatable bonds is 7. The molecule has 0 bridgehead atoms. The standard InChI is InChI=1S/C26H25N5OS3/c1-3-31-24(20-14-33-16(2)23(20)17-9-5-4-6-10-17)29-30-26(31)34-15-22(32)28-25-19(13-27)18-11-7-8-12-21(18)35-25/h4-6,9-10,14H,3,7-8,11-12,15H2,1-2H3,(H,28,32). The monoisotopic (exact) mass is 519 g/mol. The van der Waals surface area contributed by atoms with Crippen LogP contribution >= 0.6 is 34.4 Å². The van der Waals surface area contributed by atoms with Gasteiger partial charge in [-0.05, 0) is 50.7 Å². The smallest absolute Gasteiger partial charge is 0.235 e. The van der Waals surface area contributed by atoms with Crippen LogP contribution < -0.4 is 5.32 Å². The Bertz CT molecular complexity index is 1410. The molecule has 4 aromatic rings. The molecule has 0 saturated heterocycles. The number of hydrogen-bond acceptors (Lipinski definition) is 7. The lowest BCUT2D eigenvalue weighted by molar-refractivity contribution is -0.113. The Balaban J connectivity index is 1.34. The van der Waals surface area contributed by atoms with Gasteiger partial charge >= 0.3 is 0 Å². The first-order valence-corrected chi connectivity index (χ1v) is 14.3. The summed E-state index contributed by atoms with van der Waals surface area (Å²) in [5.41, 5.74) is 5.17. The van der Waals surface area contributed by atoms with Crippen LogP contribution in [0.3, 0.4) is 0 Å². The molecule has 3 heterocycles. The number of nitrogens with zero attached hydrogens (tertiary/aromatic N) is 4. The van der Waals surface area contributed by atoms with Gasteiger partial charge in [0.05, 0.1) is 11.3 Å². The minimum Gasteiger partial charge on any atom is -0.316 e. The molecule has 0 spiro atoms. The van der Waals surface area contributed by atoms with Gasteiger partial charge in [-0.15, -0.1) is 32.9 Å². The van der Waals surface area contributed by atoms with Gasteiger partial charge in [0.25, 0.3) is 0 Å². The van der Waals surface area contributed by atoms with Gasteiger partial charge in [0.1, 0.15) is 11.1 Å². The van der Waals surface area contributed by atoms with Gasteiger partial charge in [-0.25, -0.2) is 0 Å². The molecule has 0 radical (unpaired) electrons. The molecule has 0 saturated carbocycles. The number of thiophene rings is 2. The molecule has 0 aliphatic heterocycles. The van der Waals surface area contributed by atoms with Crippen LogP contribution in [0.5, 0.6) is 0 Å². The second kappa shape index (κ2) is 10.4. The molecule has 1 aliphatic rings. The van der Waals surface area contributed by atoms with E-state index in [-0.39, 0.29) is 11.7 Å². The van der Waals surface area contributed by atoms with Crippen LogP contribution in [-0.4, -0.2) is 26.4 Å². The van der Waals surface area contributed by atoms with Crippen molar-refractivity contribution in [3.05, 3.63) is 56.6 Å². The lowest BCUT2D eigenvalue weighted by Gasteiger charge is -2.09. The molecule has 35 heavy (non-hydrogen) atoms. The molecule has 1 aliphatic carbocycles. The summed E-state index contributed by atoms with van der Waals surface area (Å²) in [5.74, 6) is 0.893. The summed E-state index contributed by atoms with van der Waals surface area (Å²) in [7, 11) is 0. The number of carbonyl (C=O) groups is 1. The lowest BCUT2D eigenvalue weighted by Crippen LogP contribution is -2.14. The number of nitrogens with one attached hydrogen (secondary N) is 1. The van der Waals surface area contributed by atoms with Crippen molar-refractivity contribution in [1.82, 2.24) is 14.8 Å². The molecule has 3 aromatic heterocycles. The minimum absolute atomic E-state index is 0.131. The zero-order valence-electron chi connectivity index (χ0n) is 19.6. The van der Waals surface area contributed by atoms with E-state index < -0.39 is 0 Å². The fourth-order valence-corrected chi connectivity index (χ4v) is 7.45. The van der Waals surface area contributed by atoms with E-state index in [9.17, 15) is 10.1 Å². The summed E-state index contributed by atoms with van der Waals surface area (Å²) in [4.78, 5) is 15.3. The minimum atomic E-state index is -0.131. The molecular weight excluding hydrogens is 495 g/mol. The number of anilines is 1. The quantitative estimate of drug-likeness (QED) is 0.280. The Morgan fingerprint density at radius 3 is 2.80 bits per heavy atom. The molecule has 0 unspecified atom stereocenters. The van der Waals surface area contributed by atoms with Crippen LogP contribution in [0.25, 0.3) is 22.5 Å². The maximum atomic E-state index is 12.8. The second-order valence-corrected chi connectivity index (χ2v) is 11.5. The highest BCUT2D eigenvalue weighted by atomic mass is 32.2. The predicted octanol–water partition coefficient (Wildman–Crippen LogP) is 6.54. The summed E-state index contributed by atoms with van der Waals surface area (Å²) in [6.45, 7) is 4.89. The van der Waals surface area contributed by atoms with E-state index in [1.165, 1.54) is 27.1 Å². The van der Waals surface area contributed by atoms with Gasteiger partial charge in [0.2, 0.25) is 5.91 Å². The molecule has 6 nitrogen and oxygen atoms in total. The molecule has 0 atom stereocenters. The van der Waals surface area contributed by atoms with Crippen LogP contribution in [-0.2, 0) is 24.2 Å². The third-order valence-corrected chi connectivity index (χ3v) is 9.27. The highest BCUT2D eigenvalue weighted by molar-refractivity contribution is 7.99. The zero-order chi connectivity index (χ0) is 24.4. The van der Waals surface area contributed by atoms with E-state index in [1.54, 1.807) is 22.7 Å². The number of fused-ring (bicyclic) bond motifs is 1. The Morgan fingerprint density at radius 2 is 2.03 bits per heavy atom. The Labute approximate surface area is 217 Å². The van der Waals surface area contributed by atoms with E-state index in [0.29, 0.717) is 22.3 Å². The van der Waals surface area contributed by atoms with Crippen molar-refractivity contribution < 1.29 is 4.79 Å². The van der Waals surface area contributed by atoms with Gasteiger partial charge in [0.15, 0.2) is 11.0 Å². The number of amides is 1. The van der Waals surface area contributed by atoms with E-state index in [2.05, 4.69) is 57.5 Å². The first-order chi connectivity index (χ1) is 17.1. The average molecular weight is 520 g/mol. The number of hydrogen-bond donors (Lipinski definition) is 1. The molecule has 178 valence electrons. The molecule has 1 amide bonds. The van der Waals surface area contributed by atoms with Crippen molar-refractivity contribution in [3.63, 3.8) is 0 Å². The van der Waals surface area contributed by atoms with Crippen molar-refractivity contribution in [2.24, 2.45) is 0 Å². The van der Waals surface area contributed by atoms with E-state index in [1.807, 2.05) is 18.2 Å². The molecule has 1 N–H and O–H groups in total. The molecule has 1 aromatic carbocycles. The average Bonchev–Trinajstić information content (AvgIpc) is 3.56. The number of thioether (sulfide) groups is 1. The number of nitriles is 1. The predicted molar refractivity (Wildman–Crippen MR) is 144 cm³/mol. The third kappa shape index (κ3) is 4.66. The Morgan fingerprint density at radius 1 is 1.23 bits per heavy atom. The summed E-state index contributed by atoms with van der Waals surface area (Å²) in [5, 5.41) is 25.1. The Kier molecular flexibility index (Phi) is 7.04. The van der Waals surface area contributed by atoms with Crippen molar-refractivity contribution in [2.75, 3.05) is 11.1 Å². The maximum Gasteiger partial charge on any atom is 0.235 e. The number of carbonyl (C=O) groups excluding carboxylic acids is 1. The van der Waals surface area contributed by atoms with Gasteiger partial charge in [-0.2, -0.15) is 5.26 Å². The third-order valence-electron chi connectivity index (χ3n) is 6.18. The zero-order valence-corrected chi connectivity index (χ0v) is 22.1. The van der Waals surface area contributed by atoms with E-state index >= 15 is 0 Å². The summed E-state index contributed by atoms with van der Waals surface area (Å²) >= 11 is 4.63. The molecular formula is C26H25N5OS3. The maximum absolute atomic E-state index is 12.8. The molecule has 5 rings (SSSR count). The summed E-state index contributed by atoms with van der Waals surface area (Å²) < 4.78 is 2.07. The summed E-state index contributed by atoms with van der Waals surface area (Å²) in [6, 6.07) is 12.6. The molecule has 9 heteroatoms. The van der Waals surface area contributed by atoms with E-state index in [4.69, 9.17) is 0 Å². The normalized spacial score (nSPS) is 12.8. The number of benzene rings is 1. The van der Waals surface area contributed by atoms with Gasteiger partial charge in [-0.1, -0.05) is 42.1 Å². The highest BCUT2D eigenvalue weighted by Gasteiger charge is 2.23. The lowest BCUT2D eigenvalue weighted by atomic mass is 9.96. The SMILES string of the molecule is CCn1c(SCC(=O)Nc2sc3c(c2C#N)CCCC3)nnc1-c1csc(C)c1-c1ccccc1.